The van der Waals surface area contributed by atoms with Crippen LogP contribution in [0, 0.1) is 6.92 Å². The minimum absolute atomic E-state index is 0.491. The summed E-state index contributed by atoms with van der Waals surface area (Å²) in [5, 5.41) is 12.4. The van der Waals surface area contributed by atoms with Crippen LogP contribution in [0.3, 0.4) is 0 Å². The summed E-state index contributed by atoms with van der Waals surface area (Å²) in [7, 11) is 1.92. The third kappa shape index (κ3) is 3.90. The summed E-state index contributed by atoms with van der Waals surface area (Å²) in [5.41, 5.74) is 7.43. The third-order valence-electron chi connectivity index (χ3n) is 6.34. The molecular weight excluding hydrogens is 398 g/mol. The Bertz CT molecular complexity index is 1270. The highest BCUT2D eigenvalue weighted by atomic mass is 15.2. The summed E-state index contributed by atoms with van der Waals surface area (Å²) in [4.78, 5) is 9.45. The van der Waals surface area contributed by atoms with E-state index >= 15 is 0 Å². The maximum atomic E-state index is 4.79. The van der Waals surface area contributed by atoms with Crippen LogP contribution >= 0.6 is 0 Å². The van der Waals surface area contributed by atoms with E-state index in [0.29, 0.717) is 6.04 Å². The van der Waals surface area contributed by atoms with Crippen LogP contribution in [0.1, 0.15) is 55.8 Å². The van der Waals surface area contributed by atoms with Crippen LogP contribution in [0.4, 0.5) is 5.95 Å². The van der Waals surface area contributed by atoms with E-state index in [-0.39, 0.29) is 0 Å². The van der Waals surface area contributed by atoms with Crippen molar-refractivity contribution in [1.82, 2.24) is 29.4 Å². The summed E-state index contributed by atoms with van der Waals surface area (Å²) >= 11 is 0. The molecule has 5 rings (SSSR count). The number of aryl methyl sites for hydroxylation is 2. The molecule has 32 heavy (non-hydrogen) atoms. The molecule has 0 aliphatic heterocycles. The highest BCUT2D eigenvalue weighted by Crippen LogP contribution is 2.30. The van der Waals surface area contributed by atoms with Gasteiger partial charge in [0.15, 0.2) is 0 Å². The van der Waals surface area contributed by atoms with Crippen molar-refractivity contribution in [1.29, 1.82) is 0 Å². The number of nitrogens with zero attached hydrogens (tertiary/aromatic N) is 6. The standard InChI is InChI=1S/C25H29N7/c1-4-21(22-14-26-25(29-17(22)2)30-20-8-6-5-7-9-20)18-10-11-32-24(12-18)23(15-28-32)19-13-27-31(3)16-19/h4,10-16,20H,5-9H2,1-3H3,(H,26,29,30)/b21-4-. The summed E-state index contributed by atoms with van der Waals surface area (Å²) in [6, 6.07) is 4.76. The molecule has 1 aliphatic carbocycles. The quantitative estimate of drug-likeness (QED) is 0.484. The molecule has 0 saturated heterocycles. The Morgan fingerprint density at radius 1 is 1.12 bits per heavy atom. The van der Waals surface area contributed by atoms with Crippen LogP contribution in [0.5, 0.6) is 0 Å². The lowest BCUT2D eigenvalue weighted by atomic mass is 9.95. The minimum atomic E-state index is 0.491. The molecule has 1 fully saturated rings. The number of pyridine rings is 1. The maximum absolute atomic E-state index is 4.79. The fourth-order valence-electron chi connectivity index (χ4n) is 4.64. The van der Waals surface area contributed by atoms with Gasteiger partial charge < -0.3 is 5.32 Å². The van der Waals surface area contributed by atoms with E-state index in [2.05, 4.69) is 52.6 Å². The Balaban J connectivity index is 1.47. The molecule has 4 heterocycles. The normalized spacial score (nSPS) is 15.4. The molecule has 1 aliphatic rings. The van der Waals surface area contributed by atoms with Gasteiger partial charge in [-0.15, -0.1) is 0 Å². The van der Waals surface area contributed by atoms with E-state index in [1.165, 1.54) is 32.1 Å². The van der Waals surface area contributed by atoms with Crippen LogP contribution in [-0.2, 0) is 7.05 Å². The number of fused-ring (bicyclic) bond motifs is 1. The molecule has 4 aromatic rings. The average Bonchev–Trinajstić information content (AvgIpc) is 3.42. The monoisotopic (exact) mass is 427 g/mol. The Labute approximate surface area is 188 Å². The van der Waals surface area contributed by atoms with Gasteiger partial charge in [-0.25, -0.2) is 14.5 Å². The van der Waals surface area contributed by atoms with E-state index in [1.807, 2.05) is 47.2 Å². The van der Waals surface area contributed by atoms with E-state index < -0.39 is 0 Å². The smallest absolute Gasteiger partial charge is 0.223 e. The molecule has 4 aromatic heterocycles. The zero-order valence-electron chi connectivity index (χ0n) is 18.9. The Morgan fingerprint density at radius 2 is 1.97 bits per heavy atom. The first-order valence-electron chi connectivity index (χ1n) is 11.4. The van der Waals surface area contributed by atoms with Gasteiger partial charge >= 0.3 is 0 Å². The molecule has 0 unspecified atom stereocenters. The topological polar surface area (TPSA) is 72.9 Å². The molecule has 7 nitrogen and oxygen atoms in total. The van der Waals surface area contributed by atoms with Gasteiger partial charge in [0.05, 0.1) is 23.6 Å². The lowest BCUT2D eigenvalue weighted by molar-refractivity contribution is 0.460. The molecule has 0 bridgehead atoms. The van der Waals surface area contributed by atoms with Gasteiger partial charge in [0.2, 0.25) is 5.95 Å². The van der Waals surface area contributed by atoms with Crippen molar-refractivity contribution in [2.75, 3.05) is 5.32 Å². The summed E-state index contributed by atoms with van der Waals surface area (Å²) < 4.78 is 3.71. The van der Waals surface area contributed by atoms with Crippen molar-refractivity contribution in [3.8, 4) is 11.1 Å². The van der Waals surface area contributed by atoms with Crippen molar-refractivity contribution in [2.45, 2.75) is 52.0 Å². The first-order valence-corrected chi connectivity index (χ1v) is 11.4. The molecule has 7 heteroatoms. The second-order valence-electron chi connectivity index (χ2n) is 8.58. The van der Waals surface area contributed by atoms with Crippen LogP contribution < -0.4 is 5.32 Å². The third-order valence-corrected chi connectivity index (χ3v) is 6.34. The zero-order valence-corrected chi connectivity index (χ0v) is 18.9. The molecular formula is C25H29N7. The SMILES string of the molecule is C/C=C(/c1ccn2ncc(-c3cnn(C)c3)c2c1)c1cnc(NC2CCCCC2)nc1C. The molecule has 0 spiro atoms. The molecule has 1 N–H and O–H groups in total. The zero-order chi connectivity index (χ0) is 22.1. The van der Waals surface area contributed by atoms with Gasteiger partial charge in [0.25, 0.3) is 0 Å². The number of allylic oxidation sites excluding steroid dienone is 1. The van der Waals surface area contributed by atoms with Gasteiger partial charge in [-0.1, -0.05) is 25.3 Å². The van der Waals surface area contributed by atoms with Gasteiger partial charge in [-0.2, -0.15) is 10.2 Å². The molecule has 0 radical (unpaired) electrons. The first-order chi connectivity index (χ1) is 15.6. The first kappa shape index (κ1) is 20.4. The summed E-state index contributed by atoms with van der Waals surface area (Å²) in [6.45, 7) is 4.12. The van der Waals surface area contributed by atoms with Crippen molar-refractivity contribution in [2.24, 2.45) is 7.05 Å². The molecule has 0 amide bonds. The second kappa shape index (κ2) is 8.57. The van der Waals surface area contributed by atoms with E-state index in [1.54, 1.807) is 0 Å². The van der Waals surface area contributed by atoms with Crippen LogP contribution in [0.15, 0.2) is 49.2 Å². The highest BCUT2D eigenvalue weighted by molar-refractivity contribution is 5.86. The fraction of sp³-hybridized carbons (Fsp3) is 0.360. The number of nitrogens with one attached hydrogen (secondary N) is 1. The summed E-state index contributed by atoms with van der Waals surface area (Å²) in [6.07, 6.45) is 18.2. The van der Waals surface area contributed by atoms with Crippen molar-refractivity contribution in [3.05, 3.63) is 66.0 Å². The lowest BCUT2D eigenvalue weighted by Crippen LogP contribution is -2.23. The van der Waals surface area contributed by atoms with Gasteiger partial charge in [0.1, 0.15) is 0 Å². The van der Waals surface area contributed by atoms with E-state index in [4.69, 9.17) is 4.98 Å². The molecule has 164 valence electrons. The Morgan fingerprint density at radius 3 is 2.69 bits per heavy atom. The number of hydrogen-bond donors (Lipinski definition) is 1. The minimum Gasteiger partial charge on any atom is -0.351 e. The fourth-order valence-corrected chi connectivity index (χ4v) is 4.64. The van der Waals surface area contributed by atoms with Crippen LogP contribution in [0.25, 0.3) is 22.2 Å². The highest BCUT2D eigenvalue weighted by Gasteiger charge is 2.17. The molecule has 1 saturated carbocycles. The predicted octanol–water partition coefficient (Wildman–Crippen LogP) is 5.03. The van der Waals surface area contributed by atoms with E-state index in [0.717, 1.165) is 45.0 Å². The van der Waals surface area contributed by atoms with Crippen LogP contribution in [0.2, 0.25) is 0 Å². The summed E-state index contributed by atoms with van der Waals surface area (Å²) in [5.74, 6) is 0.735. The average molecular weight is 428 g/mol. The van der Waals surface area contributed by atoms with E-state index in [9.17, 15) is 0 Å². The maximum Gasteiger partial charge on any atom is 0.223 e. The van der Waals surface area contributed by atoms with Crippen molar-refractivity contribution >= 4 is 17.0 Å². The van der Waals surface area contributed by atoms with Crippen molar-refractivity contribution < 1.29 is 0 Å². The van der Waals surface area contributed by atoms with Crippen molar-refractivity contribution in [3.63, 3.8) is 0 Å². The Hall–Kier alpha value is -3.48. The van der Waals surface area contributed by atoms with Gasteiger partial charge in [-0.3, -0.25) is 4.68 Å². The molecule has 0 atom stereocenters. The second-order valence-corrected chi connectivity index (χ2v) is 8.58. The van der Waals surface area contributed by atoms with Gasteiger partial charge in [-0.05, 0) is 50.0 Å². The Kier molecular flexibility index (Phi) is 5.47. The van der Waals surface area contributed by atoms with Gasteiger partial charge in [0, 0.05) is 48.4 Å². The predicted molar refractivity (Wildman–Crippen MR) is 127 cm³/mol. The number of hydrogen-bond acceptors (Lipinski definition) is 5. The molecule has 0 aromatic carbocycles. The van der Waals surface area contributed by atoms with Crippen LogP contribution in [-0.4, -0.2) is 35.4 Å². The lowest BCUT2D eigenvalue weighted by Gasteiger charge is -2.23. The number of aromatic nitrogens is 6. The number of rotatable bonds is 5. The largest absolute Gasteiger partial charge is 0.351 e. The number of anilines is 1.